The third-order valence-electron chi connectivity index (χ3n) is 2.98. The Labute approximate surface area is 109 Å². The first-order valence-corrected chi connectivity index (χ1v) is 6.25. The van der Waals surface area contributed by atoms with Crippen molar-refractivity contribution in [3.05, 3.63) is 28.2 Å². The molecule has 0 aromatic heterocycles. The predicted octanol–water partition coefficient (Wildman–Crippen LogP) is 1.63. The molecule has 1 heterocycles. The van der Waals surface area contributed by atoms with Crippen molar-refractivity contribution >= 4 is 27.5 Å². The Morgan fingerprint density at radius 1 is 1.59 bits per heavy atom. The fourth-order valence-corrected chi connectivity index (χ4v) is 2.36. The van der Waals surface area contributed by atoms with E-state index in [4.69, 9.17) is 5.73 Å². The largest absolute Gasteiger partial charge is 0.398 e. The predicted molar refractivity (Wildman–Crippen MR) is 69.7 cm³/mol. The van der Waals surface area contributed by atoms with Gasteiger partial charge in [0.25, 0.3) is 5.91 Å². The first-order chi connectivity index (χ1) is 7.89. The highest BCUT2D eigenvalue weighted by Crippen LogP contribution is 2.25. The minimum atomic E-state index is -0.781. The number of carbonyl (C=O) groups is 1. The van der Waals surface area contributed by atoms with E-state index in [0.29, 0.717) is 30.8 Å². The van der Waals surface area contributed by atoms with Crippen LogP contribution in [0.3, 0.4) is 0 Å². The minimum Gasteiger partial charge on any atom is -0.398 e. The van der Waals surface area contributed by atoms with Gasteiger partial charge < -0.3 is 15.7 Å². The second-order valence-corrected chi connectivity index (χ2v) is 5.62. The van der Waals surface area contributed by atoms with Crippen LogP contribution in [0.1, 0.15) is 23.7 Å². The van der Waals surface area contributed by atoms with Crippen molar-refractivity contribution in [2.75, 3.05) is 18.8 Å². The summed E-state index contributed by atoms with van der Waals surface area (Å²) in [5, 5.41) is 9.85. The topological polar surface area (TPSA) is 66.6 Å². The summed E-state index contributed by atoms with van der Waals surface area (Å²) < 4.78 is 0.820. The Morgan fingerprint density at radius 2 is 2.29 bits per heavy atom. The zero-order valence-electron chi connectivity index (χ0n) is 9.61. The Kier molecular flexibility index (Phi) is 3.14. The summed E-state index contributed by atoms with van der Waals surface area (Å²) in [6.07, 6.45) is 0.604. The van der Waals surface area contributed by atoms with Gasteiger partial charge in [-0.05, 0) is 31.5 Å². The van der Waals surface area contributed by atoms with Crippen molar-refractivity contribution in [2.45, 2.75) is 18.9 Å². The number of β-amino-alcohol motifs (C(OH)–C–C–N with tert-alkyl or cyclic N) is 1. The number of benzene rings is 1. The van der Waals surface area contributed by atoms with E-state index in [1.807, 2.05) is 0 Å². The van der Waals surface area contributed by atoms with E-state index in [1.165, 1.54) is 0 Å². The Bertz CT molecular complexity index is 460. The van der Waals surface area contributed by atoms with Crippen LogP contribution in [0.5, 0.6) is 0 Å². The van der Waals surface area contributed by atoms with E-state index in [9.17, 15) is 9.90 Å². The van der Waals surface area contributed by atoms with Gasteiger partial charge in [0.1, 0.15) is 0 Å². The number of aliphatic hydroxyl groups is 1. The first kappa shape index (κ1) is 12.4. The molecule has 1 aromatic rings. The van der Waals surface area contributed by atoms with Crippen LogP contribution in [0, 0.1) is 0 Å². The van der Waals surface area contributed by atoms with Crippen LogP contribution in [0.2, 0.25) is 0 Å². The second kappa shape index (κ2) is 4.31. The number of likely N-dealkylation sites (tertiary alicyclic amines) is 1. The third-order valence-corrected chi connectivity index (χ3v) is 3.48. The molecule has 4 nitrogen and oxygen atoms in total. The van der Waals surface area contributed by atoms with Gasteiger partial charge in [0.05, 0.1) is 11.2 Å². The van der Waals surface area contributed by atoms with Gasteiger partial charge in [0.2, 0.25) is 0 Å². The molecule has 3 N–H and O–H groups in total. The Morgan fingerprint density at radius 3 is 2.88 bits per heavy atom. The number of rotatable bonds is 1. The molecule has 17 heavy (non-hydrogen) atoms. The molecule has 1 saturated heterocycles. The molecule has 1 atom stereocenters. The molecule has 0 bridgehead atoms. The van der Waals surface area contributed by atoms with Gasteiger partial charge in [-0.1, -0.05) is 15.9 Å². The lowest BCUT2D eigenvalue weighted by Crippen LogP contribution is -2.34. The van der Waals surface area contributed by atoms with Gasteiger partial charge in [-0.15, -0.1) is 0 Å². The fourth-order valence-electron chi connectivity index (χ4n) is 2.00. The third kappa shape index (κ3) is 2.61. The maximum atomic E-state index is 12.2. The average molecular weight is 299 g/mol. The minimum absolute atomic E-state index is 0.124. The second-order valence-electron chi connectivity index (χ2n) is 4.71. The van der Waals surface area contributed by atoms with Crippen LogP contribution in [0.4, 0.5) is 5.69 Å². The molecule has 1 unspecified atom stereocenters. The number of hydrogen-bond donors (Lipinski definition) is 2. The SMILES string of the molecule is CC1(O)CCN(C(=O)c2cc(Br)ccc2N)C1. The number of nitrogens with zero attached hydrogens (tertiary/aromatic N) is 1. The zero-order valence-corrected chi connectivity index (χ0v) is 11.2. The van der Waals surface area contributed by atoms with Crippen molar-refractivity contribution in [3.63, 3.8) is 0 Å². The summed E-state index contributed by atoms with van der Waals surface area (Å²) in [6, 6.07) is 5.21. The van der Waals surface area contributed by atoms with Gasteiger partial charge in [0, 0.05) is 23.2 Å². The monoisotopic (exact) mass is 298 g/mol. The lowest BCUT2D eigenvalue weighted by Gasteiger charge is -2.19. The summed E-state index contributed by atoms with van der Waals surface area (Å²) in [6.45, 7) is 2.67. The molecule has 92 valence electrons. The van der Waals surface area contributed by atoms with Crippen molar-refractivity contribution in [1.82, 2.24) is 4.90 Å². The molecule has 1 amide bonds. The maximum Gasteiger partial charge on any atom is 0.256 e. The molecular weight excluding hydrogens is 284 g/mol. The van der Waals surface area contributed by atoms with Crippen LogP contribution >= 0.6 is 15.9 Å². The number of nitrogen functional groups attached to an aromatic ring is 1. The summed E-state index contributed by atoms with van der Waals surface area (Å²) in [5.74, 6) is -0.124. The number of amides is 1. The maximum absolute atomic E-state index is 12.2. The molecule has 0 saturated carbocycles. The summed E-state index contributed by atoms with van der Waals surface area (Å²) >= 11 is 3.32. The molecular formula is C12H15BrN2O2. The molecule has 1 aliphatic rings. The van der Waals surface area contributed by atoms with Gasteiger partial charge >= 0.3 is 0 Å². The summed E-state index contributed by atoms with van der Waals surface area (Å²) in [5.41, 5.74) is 5.96. The summed E-state index contributed by atoms with van der Waals surface area (Å²) in [7, 11) is 0. The highest BCUT2D eigenvalue weighted by Gasteiger charge is 2.34. The van der Waals surface area contributed by atoms with Crippen LogP contribution < -0.4 is 5.73 Å². The van der Waals surface area contributed by atoms with E-state index in [0.717, 1.165) is 4.47 Å². The lowest BCUT2D eigenvalue weighted by atomic mass is 10.1. The number of nitrogens with two attached hydrogens (primary N) is 1. The first-order valence-electron chi connectivity index (χ1n) is 5.46. The van der Waals surface area contributed by atoms with Crippen LogP contribution in [0.15, 0.2) is 22.7 Å². The Balaban J connectivity index is 2.23. The van der Waals surface area contributed by atoms with Crippen molar-refractivity contribution in [3.8, 4) is 0 Å². The van der Waals surface area contributed by atoms with Gasteiger partial charge in [-0.25, -0.2) is 0 Å². The van der Waals surface area contributed by atoms with E-state index in [-0.39, 0.29) is 5.91 Å². The molecule has 1 fully saturated rings. The Hall–Kier alpha value is -1.07. The molecule has 1 aliphatic heterocycles. The average Bonchev–Trinajstić information content (AvgIpc) is 2.61. The number of carbonyl (C=O) groups excluding carboxylic acids is 1. The smallest absolute Gasteiger partial charge is 0.256 e. The van der Waals surface area contributed by atoms with Gasteiger partial charge in [0.15, 0.2) is 0 Å². The molecule has 0 aliphatic carbocycles. The molecule has 0 radical (unpaired) electrons. The quantitative estimate of drug-likeness (QED) is 0.775. The van der Waals surface area contributed by atoms with Gasteiger partial charge in [-0.2, -0.15) is 0 Å². The molecule has 0 spiro atoms. The molecule has 2 rings (SSSR count). The highest BCUT2D eigenvalue weighted by atomic mass is 79.9. The van der Waals surface area contributed by atoms with E-state index < -0.39 is 5.60 Å². The number of halogens is 1. The highest BCUT2D eigenvalue weighted by molar-refractivity contribution is 9.10. The van der Waals surface area contributed by atoms with Crippen LogP contribution in [0.25, 0.3) is 0 Å². The van der Waals surface area contributed by atoms with E-state index in [1.54, 1.807) is 30.0 Å². The van der Waals surface area contributed by atoms with E-state index >= 15 is 0 Å². The lowest BCUT2D eigenvalue weighted by molar-refractivity contribution is 0.0572. The summed E-state index contributed by atoms with van der Waals surface area (Å²) in [4.78, 5) is 13.9. The number of anilines is 1. The van der Waals surface area contributed by atoms with Crippen molar-refractivity contribution < 1.29 is 9.90 Å². The molecule has 5 heteroatoms. The van der Waals surface area contributed by atoms with E-state index in [2.05, 4.69) is 15.9 Å². The van der Waals surface area contributed by atoms with Gasteiger partial charge in [-0.3, -0.25) is 4.79 Å². The van der Waals surface area contributed by atoms with Crippen LogP contribution in [-0.4, -0.2) is 34.6 Å². The standard InChI is InChI=1S/C12H15BrN2O2/c1-12(17)4-5-15(7-12)11(16)9-6-8(13)2-3-10(9)14/h2-3,6,17H,4-5,7,14H2,1H3. The number of hydrogen-bond acceptors (Lipinski definition) is 3. The van der Waals surface area contributed by atoms with Crippen molar-refractivity contribution in [2.24, 2.45) is 0 Å². The van der Waals surface area contributed by atoms with Crippen LogP contribution in [-0.2, 0) is 0 Å². The van der Waals surface area contributed by atoms with Crippen molar-refractivity contribution in [1.29, 1.82) is 0 Å². The molecule has 1 aromatic carbocycles. The fraction of sp³-hybridized carbons (Fsp3) is 0.417. The normalized spacial score (nSPS) is 24.1. The zero-order chi connectivity index (χ0) is 12.6.